The molecular formula is C41H25N3O. The normalized spacial score (nSPS) is 11.6. The minimum absolute atomic E-state index is 0.614. The smallest absolute Gasteiger partial charge is 0.164 e. The van der Waals surface area contributed by atoms with Gasteiger partial charge >= 0.3 is 0 Å². The number of hydrogen-bond acceptors (Lipinski definition) is 4. The van der Waals surface area contributed by atoms with Crippen LogP contribution in [-0.2, 0) is 0 Å². The van der Waals surface area contributed by atoms with Crippen molar-refractivity contribution >= 4 is 43.5 Å². The van der Waals surface area contributed by atoms with Crippen molar-refractivity contribution in [1.29, 1.82) is 0 Å². The van der Waals surface area contributed by atoms with E-state index in [1.165, 1.54) is 16.2 Å². The van der Waals surface area contributed by atoms with E-state index in [1.807, 2.05) is 54.6 Å². The number of hydrogen-bond donors (Lipinski definition) is 0. The third-order valence-corrected chi connectivity index (χ3v) is 8.51. The molecule has 4 heteroatoms. The molecule has 0 aliphatic rings. The first-order valence-corrected chi connectivity index (χ1v) is 15.0. The molecule has 0 saturated heterocycles. The van der Waals surface area contributed by atoms with Crippen LogP contribution >= 0.6 is 0 Å². The molecule has 0 saturated carbocycles. The van der Waals surface area contributed by atoms with Crippen molar-refractivity contribution in [3.8, 4) is 45.3 Å². The Kier molecular flexibility index (Phi) is 5.78. The van der Waals surface area contributed by atoms with Gasteiger partial charge in [-0.05, 0) is 56.9 Å². The van der Waals surface area contributed by atoms with Gasteiger partial charge in [0.15, 0.2) is 17.5 Å². The topological polar surface area (TPSA) is 51.8 Å². The van der Waals surface area contributed by atoms with Gasteiger partial charge in [0, 0.05) is 27.5 Å². The maximum Gasteiger partial charge on any atom is 0.164 e. The van der Waals surface area contributed by atoms with E-state index in [2.05, 4.69) is 97.1 Å². The summed E-state index contributed by atoms with van der Waals surface area (Å²) in [6.07, 6.45) is 0. The Hall–Kier alpha value is -6.13. The van der Waals surface area contributed by atoms with Crippen LogP contribution in [0.15, 0.2) is 156 Å². The molecular weight excluding hydrogens is 550 g/mol. The highest BCUT2D eigenvalue weighted by molar-refractivity contribution is 6.09. The van der Waals surface area contributed by atoms with Gasteiger partial charge in [-0.15, -0.1) is 0 Å². The molecule has 2 heterocycles. The van der Waals surface area contributed by atoms with Crippen molar-refractivity contribution in [3.05, 3.63) is 152 Å². The maximum absolute atomic E-state index is 6.31. The van der Waals surface area contributed by atoms with Crippen molar-refractivity contribution in [2.45, 2.75) is 0 Å². The average molecular weight is 576 g/mol. The third kappa shape index (κ3) is 4.35. The summed E-state index contributed by atoms with van der Waals surface area (Å²) < 4.78 is 6.31. The molecule has 0 bridgehead atoms. The first kappa shape index (κ1) is 25.4. The van der Waals surface area contributed by atoms with Crippen LogP contribution in [-0.4, -0.2) is 15.0 Å². The zero-order valence-corrected chi connectivity index (χ0v) is 24.2. The average Bonchev–Trinajstić information content (AvgIpc) is 3.49. The minimum atomic E-state index is 0.614. The Morgan fingerprint density at radius 2 is 0.956 bits per heavy atom. The van der Waals surface area contributed by atoms with Gasteiger partial charge in [0.1, 0.15) is 11.2 Å². The number of para-hydroxylation sites is 1. The first-order valence-electron chi connectivity index (χ1n) is 15.0. The van der Waals surface area contributed by atoms with Crippen molar-refractivity contribution in [2.75, 3.05) is 0 Å². The fourth-order valence-corrected chi connectivity index (χ4v) is 6.31. The van der Waals surface area contributed by atoms with Crippen LogP contribution in [0.2, 0.25) is 0 Å². The Balaban J connectivity index is 1.31. The molecule has 210 valence electrons. The lowest BCUT2D eigenvalue weighted by Gasteiger charge is -2.13. The largest absolute Gasteiger partial charge is 0.456 e. The lowest BCUT2D eigenvalue weighted by Crippen LogP contribution is -2.01. The number of fused-ring (bicyclic) bond motifs is 6. The van der Waals surface area contributed by atoms with Gasteiger partial charge in [0.25, 0.3) is 0 Å². The summed E-state index contributed by atoms with van der Waals surface area (Å²) in [6.45, 7) is 0. The molecule has 0 radical (unpaired) electrons. The summed E-state index contributed by atoms with van der Waals surface area (Å²) in [4.78, 5) is 15.3. The van der Waals surface area contributed by atoms with E-state index in [-0.39, 0.29) is 0 Å². The molecule has 0 aliphatic heterocycles. The third-order valence-electron chi connectivity index (χ3n) is 8.51. The molecule has 4 nitrogen and oxygen atoms in total. The highest BCUT2D eigenvalue weighted by Crippen LogP contribution is 2.39. The Morgan fingerprint density at radius 3 is 1.78 bits per heavy atom. The fourth-order valence-electron chi connectivity index (χ4n) is 6.31. The monoisotopic (exact) mass is 575 g/mol. The lowest BCUT2D eigenvalue weighted by molar-refractivity contribution is 0.669. The van der Waals surface area contributed by atoms with Gasteiger partial charge in [-0.2, -0.15) is 0 Å². The predicted molar refractivity (Wildman–Crippen MR) is 184 cm³/mol. The Bertz CT molecular complexity index is 2540. The van der Waals surface area contributed by atoms with Gasteiger partial charge in [0.05, 0.1) is 0 Å². The zero-order valence-electron chi connectivity index (χ0n) is 24.2. The summed E-state index contributed by atoms with van der Waals surface area (Å²) in [5, 5.41) is 6.90. The Morgan fingerprint density at radius 1 is 0.333 bits per heavy atom. The van der Waals surface area contributed by atoms with Crippen LogP contribution in [0, 0.1) is 0 Å². The van der Waals surface area contributed by atoms with Crippen LogP contribution in [0.5, 0.6) is 0 Å². The molecule has 0 aliphatic carbocycles. The highest BCUT2D eigenvalue weighted by atomic mass is 16.3. The maximum atomic E-state index is 6.31. The molecule has 45 heavy (non-hydrogen) atoms. The molecule has 2 aromatic heterocycles. The van der Waals surface area contributed by atoms with Crippen molar-refractivity contribution < 1.29 is 4.42 Å². The number of benzene rings is 7. The molecule has 0 N–H and O–H groups in total. The highest BCUT2D eigenvalue weighted by Gasteiger charge is 2.19. The standard InChI is InChI=1S/C41H25N3O/c1-3-11-26(12-4-1)34-25-38-35(33-17-9-10-18-37(33)45-38)24-36(34)41-43-39(28-14-5-2-6-15-28)42-40(44-41)30-21-22-32-29(23-30)20-19-27-13-7-8-16-31(27)32/h1-25H. The molecule has 0 unspecified atom stereocenters. The summed E-state index contributed by atoms with van der Waals surface area (Å²) in [7, 11) is 0. The number of nitrogens with zero attached hydrogens (tertiary/aromatic N) is 3. The molecule has 9 rings (SSSR count). The fraction of sp³-hybridized carbons (Fsp3) is 0. The molecule has 0 atom stereocenters. The van der Waals surface area contributed by atoms with Crippen LogP contribution in [0.4, 0.5) is 0 Å². The number of rotatable bonds is 4. The molecule has 0 fully saturated rings. The van der Waals surface area contributed by atoms with Crippen molar-refractivity contribution in [2.24, 2.45) is 0 Å². The molecule has 0 amide bonds. The van der Waals surface area contributed by atoms with E-state index >= 15 is 0 Å². The quantitative estimate of drug-likeness (QED) is 0.196. The summed E-state index contributed by atoms with van der Waals surface area (Å²) in [5.74, 6) is 1.87. The zero-order chi connectivity index (χ0) is 29.7. The van der Waals surface area contributed by atoms with Crippen LogP contribution < -0.4 is 0 Å². The van der Waals surface area contributed by atoms with E-state index in [4.69, 9.17) is 19.4 Å². The lowest BCUT2D eigenvalue weighted by atomic mass is 9.96. The predicted octanol–water partition coefficient (Wildman–Crippen LogP) is 10.7. The molecule has 9 aromatic rings. The summed E-state index contributed by atoms with van der Waals surface area (Å²) in [6, 6.07) is 52.2. The van der Waals surface area contributed by atoms with E-state index in [0.717, 1.165) is 55.1 Å². The van der Waals surface area contributed by atoms with Gasteiger partial charge in [-0.25, -0.2) is 15.0 Å². The van der Waals surface area contributed by atoms with E-state index < -0.39 is 0 Å². The minimum Gasteiger partial charge on any atom is -0.456 e. The van der Waals surface area contributed by atoms with E-state index in [1.54, 1.807) is 0 Å². The number of furan rings is 1. The van der Waals surface area contributed by atoms with Gasteiger partial charge < -0.3 is 4.42 Å². The summed E-state index contributed by atoms with van der Waals surface area (Å²) >= 11 is 0. The molecule has 7 aromatic carbocycles. The van der Waals surface area contributed by atoms with Crippen molar-refractivity contribution in [1.82, 2.24) is 15.0 Å². The Labute approximate surface area is 259 Å². The van der Waals surface area contributed by atoms with Gasteiger partial charge in [-0.3, -0.25) is 0 Å². The van der Waals surface area contributed by atoms with Gasteiger partial charge in [0.2, 0.25) is 0 Å². The molecule has 0 spiro atoms. The van der Waals surface area contributed by atoms with Crippen LogP contribution in [0.25, 0.3) is 88.8 Å². The van der Waals surface area contributed by atoms with Crippen molar-refractivity contribution in [3.63, 3.8) is 0 Å². The second-order valence-corrected chi connectivity index (χ2v) is 11.3. The van der Waals surface area contributed by atoms with E-state index in [9.17, 15) is 0 Å². The first-order chi connectivity index (χ1) is 22.3. The SMILES string of the molecule is c1ccc(-c2nc(-c3ccc4c(ccc5ccccc54)c3)nc(-c3cc4c(cc3-c3ccccc3)oc3ccccc34)n2)cc1. The van der Waals surface area contributed by atoms with E-state index in [0.29, 0.717) is 17.5 Å². The van der Waals surface area contributed by atoms with Gasteiger partial charge in [-0.1, -0.05) is 127 Å². The number of aromatic nitrogens is 3. The second kappa shape index (κ2) is 10.2. The van der Waals surface area contributed by atoms with Crippen LogP contribution in [0.1, 0.15) is 0 Å². The second-order valence-electron chi connectivity index (χ2n) is 11.3. The van der Waals surface area contributed by atoms with Crippen LogP contribution in [0.3, 0.4) is 0 Å². The summed E-state index contributed by atoms with van der Waals surface area (Å²) in [5.41, 5.74) is 6.55.